The van der Waals surface area contributed by atoms with Gasteiger partial charge in [-0.3, -0.25) is 14.4 Å². The second-order valence-corrected chi connectivity index (χ2v) is 6.42. The first kappa shape index (κ1) is 18.7. The number of ketones is 1. The minimum absolute atomic E-state index is 0.0873. The molecule has 1 N–H and O–H groups in total. The summed E-state index contributed by atoms with van der Waals surface area (Å²) in [4.78, 5) is 35.9. The van der Waals surface area contributed by atoms with E-state index in [1.54, 1.807) is 24.3 Å². The minimum atomic E-state index is -0.458. The highest BCUT2D eigenvalue weighted by Crippen LogP contribution is 2.21. The molecule has 2 aromatic rings. The summed E-state index contributed by atoms with van der Waals surface area (Å²) in [6.07, 6.45) is 0. The molecule has 0 saturated heterocycles. The molecule has 6 heteroatoms. The van der Waals surface area contributed by atoms with Crippen LogP contribution in [0.15, 0.2) is 53.4 Å². The predicted molar refractivity (Wildman–Crippen MR) is 97.9 cm³/mol. The van der Waals surface area contributed by atoms with Crippen molar-refractivity contribution in [2.45, 2.75) is 18.7 Å². The topological polar surface area (TPSA) is 72.5 Å². The van der Waals surface area contributed by atoms with E-state index in [2.05, 4.69) is 5.32 Å². The van der Waals surface area contributed by atoms with Crippen molar-refractivity contribution >= 4 is 35.1 Å². The Morgan fingerprint density at radius 2 is 1.84 bits per heavy atom. The van der Waals surface area contributed by atoms with Gasteiger partial charge in [0.1, 0.15) is 0 Å². The molecule has 1 amide bonds. The van der Waals surface area contributed by atoms with Gasteiger partial charge in [0.15, 0.2) is 12.4 Å². The summed E-state index contributed by atoms with van der Waals surface area (Å²) in [5, 5.41) is 2.60. The van der Waals surface area contributed by atoms with Crippen molar-refractivity contribution in [2.24, 2.45) is 0 Å². The Balaban J connectivity index is 1.78. The van der Waals surface area contributed by atoms with E-state index >= 15 is 0 Å². The van der Waals surface area contributed by atoms with Crippen LogP contribution in [-0.2, 0) is 14.3 Å². The minimum Gasteiger partial charge on any atom is -0.455 e. The first-order valence-corrected chi connectivity index (χ1v) is 8.69. The average Bonchev–Trinajstić information content (AvgIpc) is 2.59. The van der Waals surface area contributed by atoms with Gasteiger partial charge in [-0.25, -0.2) is 0 Å². The standard InChI is InChI=1S/C19H19NO4S/c1-13-6-3-4-9-17(13)25-12-19(23)24-11-18(22)20-16-8-5-7-15(10-16)14(2)21/h3-10H,11-12H2,1-2H3,(H,20,22). The molecule has 2 aromatic carbocycles. The molecule has 0 aromatic heterocycles. The number of anilines is 1. The monoisotopic (exact) mass is 357 g/mol. The predicted octanol–water partition coefficient (Wildman–Crippen LogP) is 3.47. The summed E-state index contributed by atoms with van der Waals surface area (Å²) in [5.74, 6) is -0.857. The van der Waals surface area contributed by atoms with Crippen molar-refractivity contribution in [3.63, 3.8) is 0 Å². The number of benzene rings is 2. The van der Waals surface area contributed by atoms with Gasteiger partial charge < -0.3 is 10.1 Å². The van der Waals surface area contributed by atoms with Gasteiger partial charge in [0.25, 0.3) is 5.91 Å². The van der Waals surface area contributed by atoms with Crippen LogP contribution in [0.3, 0.4) is 0 Å². The summed E-state index contributed by atoms with van der Waals surface area (Å²) in [5.41, 5.74) is 2.08. The number of aryl methyl sites for hydroxylation is 1. The molecule has 0 aliphatic carbocycles. The molecule has 0 radical (unpaired) electrons. The molecule has 0 spiro atoms. The van der Waals surface area contributed by atoms with E-state index in [1.807, 2.05) is 31.2 Å². The summed E-state index contributed by atoms with van der Waals surface area (Å²) < 4.78 is 4.98. The van der Waals surface area contributed by atoms with Gasteiger partial charge in [0.2, 0.25) is 0 Å². The van der Waals surface area contributed by atoms with Gasteiger partial charge >= 0.3 is 5.97 Å². The van der Waals surface area contributed by atoms with Gasteiger partial charge in [-0.15, -0.1) is 11.8 Å². The molecule has 0 aliphatic rings. The number of esters is 1. The second-order valence-electron chi connectivity index (χ2n) is 5.40. The van der Waals surface area contributed by atoms with E-state index in [0.717, 1.165) is 10.5 Å². The Morgan fingerprint density at radius 1 is 1.08 bits per heavy atom. The highest BCUT2D eigenvalue weighted by atomic mass is 32.2. The SMILES string of the molecule is CC(=O)c1cccc(NC(=O)COC(=O)CSc2ccccc2C)c1. The van der Waals surface area contributed by atoms with Crippen LogP contribution in [0.25, 0.3) is 0 Å². The average molecular weight is 357 g/mol. The zero-order valence-electron chi connectivity index (χ0n) is 14.1. The van der Waals surface area contributed by atoms with Crippen molar-refractivity contribution in [1.29, 1.82) is 0 Å². The first-order valence-electron chi connectivity index (χ1n) is 7.70. The molecule has 0 aliphatic heterocycles. The molecule has 25 heavy (non-hydrogen) atoms. The van der Waals surface area contributed by atoms with Crippen molar-refractivity contribution in [3.8, 4) is 0 Å². The maximum absolute atomic E-state index is 11.8. The molecular formula is C19H19NO4S. The van der Waals surface area contributed by atoms with E-state index in [4.69, 9.17) is 4.74 Å². The number of amides is 1. The molecule has 2 rings (SSSR count). The lowest BCUT2D eigenvalue weighted by molar-refractivity contribution is -0.144. The molecule has 130 valence electrons. The fraction of sp³-hybridized carbons (Fsp3) is 0.211. The normalized spacial score (nSPS) is 10.2. The third-order valence-electron chi connectivity index (χ3n) is 3.36. The Kier molecular flexibility index (Phi) is 6.77. The smallest absolute Gasteiger partial charge is 0.316 e. The number of carbonyl (C=O) groups is 3. The third kappa shape index (κ3) is 6.08. The highest BCUT2D eigenvalue weighted by molar-refractivity contribution is 8.00. The number of nitrogens with one attached hydrogen (secondary N) is 1. The number of carbonyl (C=O) groups excluding carboxylic acids is 3. The van der Waals surface area contributed by atoms with Crippen molar-refractivity contribution in [2.75, 3.05) is 17.7 Å². The van der Waals surface area contributed by atoms with Gasteiger partial charge in [0.05, 0.1) is 5.75 Å². The quantitative estimate of drug-likeness (QED) is 0.467. The zero-order valence-corrected chi connectivity index (χ0v) is 14.9. The fourth-order valence-electron chi connectivity index (χ4n) is 2.06. The zero-order chi connectivity index (χ0) is 18.2. The number of rotatable bonds is 7. The van der Waals surface area contributed by atoms with Gasteiger partial charge in [-0.2, -0.15) is 0 Å². The van der Waals surface area contributed by atoms with Crippen LogP contribution in [0.5, 0.6) is 0 Å². The number of Topliss-reactive ketones (excluding diaryl/α,β-unsaturated/α-hetero) is 1. The summed E-state index contributed by atoms with van der Waals surface area (Å²) in [6.45, 7) is 3.06. The molecule has 0 fully saturated rings. The van der Waals surface area contributed by atoms with Crippen molar-refractivity contribution in [1.82, 2.24) is 0 Å². The fourth-order valence-corrected chi connectivity index (χ4v) is 2.88. The Morgan fingerprint density at radius 3 is 2.56 bits per heavy atom. The van der Waals surface area contributed by atoms with E-state index < -0.39 is 11.9 Å². The lowest BCUT2D eigenvalue weighted by atomic mass is 10.1. The summed E-state index contributed by atoms with van der Waals surface area (Å²) in [7, 11) is 0. The Hall–Kier alpha value is -2.60. The number of hydrogen-bond donors (Lipinski definition) is 1. The van der Waals surface area contributed by atoms with Crippen LogP contribution in [0.1, 0.15) is 22.8 Å². The maximum atomic E-state index is 11.8. The Labute approximate surface area is 150 Å². The number of hydrogen-bond acceptors (Lipinski definition) is 5. The second kappa shape index (κ2) is 9.03. The van der Waals surface area contributed by atoms with E-state index in [1.165, 1.54) is 18.7 Å². The van der Waals surface area contributed by atoms with Crippen LogP contribution in [-0.4, -0.2) is 30.0 Å². The molecule has 5 nitrogen and oxygen atoms in total. The molecule has 0 heterocycles. The van der Waals surface area contributed by atoms with E-state index in [0.29, 0.717) is 11.3 Å². The van der Waals surface area contributed by atoms with Gasteiger partial charge in [0, 0.05) is 16.1 Å². The largest absolute Gasteiger partial charge is 0.455 e. The maximum Gasteiger partial charge on any atom is 0.316 e. The van der Waals surface area contributed by atoms with Gasteiger partial charge in [-0.1, -0.05) is 30.3 Å². The number of thioether (sulfide) groups is 1. The van der Waals surface area contributed by atoms with Gasteiger partial charge in [-0.05, 0) is 37.6 Å². The molecular weight excluding hydrogens is 338 g/mol. The van der Waals surface area contributed by atoms with Crippen LogP contribution in [0, 0.1) is 6.92 Å². The summed E-state index contributed by atoms with van der Waals surface area (Å²) in [6, 6.07) is 14.3. The van der Waals surface area contributed by atoms with Crippen LogP contribution >= 0.6 is 11.8 Å². The first-order chi connectivity index (χ1) is 12.0. The molecule has 0 bridgehead atoms. The molecule has 0 atom stereocenters. The molecule has 0 saturated carbocycles. The van der Waals surface area contributed by atoms with E-state index in [-0.39, 0.29) is 18.1 Å². The van der Waals surface area contributed by atoms with E-state index in [9.17, 15) is 14.4 Å². The molecule has 0 unspecified atom stereocenters. The number of ether oxygens (including phenoxy) is 1. The summed E-state index contributed by atoms with van der Waals surface area (Å²) >= 11 is 1.37. The lowest BCUT2D eigenvalue weighted by Crippen LogP contribution is -2.21. The lowest BCUT2D eigenvalue weighted by Gasteiger charge is -2.08. The highest BCUT2D eigenvalue weighted by Gasteiger charge is 2.10. The van der Waals surface area contributed by atoms with Crippen LogP contribution < -0.4 is 5.32 Å². The van der Waals surface area contributed by atoms with Crippen LogP contribution in [0.2, 0.25) is 0 Å². The Bertz CT molecular complexity index is 788. The third-order valence-corrected chi connectivity index (χ3v) is 4.51. The van der Waals surface area contributed by atoms with Crippen molar-refractivity contribution in [3.05, 3.63) is 59.7 Å². The van der Waals surface area contributed by atoms with Crippen molar-refractivity contribution < 1.29 is 19.1 Å². The van der Waals surface area contributed by atoms with Crippen LogP contribution in [0.4, 0.5) is 5.69 Å².